The lowest BCUT2D eigenvalue weighted by Gasteiger charge is -2.05. The first-order valence-electron chi connectivity index (χ1n) is 5.17. The first-order chi connectivity index (χ1) is 7.72. The number of amides is 1. The second-order valence-electron chi connectivity index (χ2n) is 3.53. The maximum Gasteiger partial charge on any atom is 0.247 e. The van der Waals surface area contributed by atoms with Gasteiger partial charge in [-0.05, 0) is 12.5 Å². The third-order valence-electron chi connectivity index (χ3n) is 2.06. The molecule has 0 spiro atoms. The van der Waals surface area contributed by atoms with Gasteiger partial charge in [-0.2, -0.15) is 0 Å². The van der Waals surface area contributed by atoms with Crippen molar-refractivity contribution in [2.24, 2.45) is 0 Å². The second kappa shape index (κ2) is 6.98. The monoisotopic (exact) mass is 223 g/mol. The zero-order valence-corrected chi connectivity index (χ0v) is 9.66. The molecule has 0 saturated carbocycles. The summed E-state index contributed by atoms with van der Waals surface area (Å²) in [5.74, 6) is -0.153. The Morgan fingerprint density at radius 1 is 1.25 bits per heavy atom. The van der Waals surface area contributed by atoms with E-state index in [0.29, 0.717) is 19.6 Å². The summed E-state index contributed by atoms with van der Waals surface area (Å²) in [4.78, 5) is 16.3. The molecule has 0 aliphatic heterocycles. The van der Waals surface area contributed by atoms with E-state index < -0.39 is 0 Å². The van der Waals surface area contributed by atoms with Gasteiger partial charge in [0.15, 0.2) is 0 Å². The summed E-state index contributed by atoms with van der Waals surface area (Å²) in [7, 11) is 1.58. The number of carbonyl (C=O) groups is 1. The lowest BCUT2D eigenvalue weighted by molar-refractivity contribution is -0.133. The standard InChI is InChI=1S/C12H17NO3/c1-10-3-5-11(6-4-10)9-12(14)13-16-8-7-15-2/h3-6H,7-9H2,1-2H3,(H,13,14). The minimum atomic E-state index is -0.153. The third-order valence-corrected chi connectivity index (χ3v) is 2.06. The van der Waals surface area contributed by atoms with E-state index in [4.69, 9.17) is 9.57 Å². The SMILES string of the molecule is COCCONC(=O)Cc1ccc(C)cc1. The van der Waals surface area contributed by atoms with Crippen LogP contribution in [0.25, 0.3) is 0 Å². The molecule has 4 heteroatoms. The summed E-state index contributed by atoms with van der Waals surface area (Å²) in [6.07, 6.45) is 0.327. The minimum absolute atomic E-state index is 0.153. The smallest absolute Gasteiger partial charge is 0.247 e. The number of methoxy groups -OCH3 is 1. The highest BCUT2D eigenvalue weighted by Gasteiger charge is 2.02. The van der Waals surface area contributed by atoms with Crippen molar-refractivity contribution < 1.29 is 14.4 Å². The van der Waals surface area contributed by atoms with Gasteiger partial charge in [0.1, 0.15) is 0 Å². The number of aryl methyl sites for hydroxylation is 1. The molecule has 4 nitrogen and oxygen atoms in total. The molecular weight excluding hydrogens is 206 g/mol. The normalized spacial score (nSPS) is 10.1. The first-order valence-corrected chi connectivity index (χ1v) is 5.17. The van der Waals surface area contributed by atoms with Gasteiger partial charge in [0, 0.05) is 7.11 Å². The quantitative estimate of drug-likeness (QED) is 0.583. The summed E-state index contributed by atoms with van der Waals surface area (Å²) in [6, 6.07) is 7.83. The van der Waals surface area contributed by atoms with Crippen LogP contribution in [0.4, 0.5) is 0 Å². The molecule has 0 fully saturated rings. The fraction of sp³-hybridized carbons (Fsp3) is 0.417. The highest BCUT2D eigenvalue weighted by molar-refractivity contribution is 5.77. The lowest BCUT2D eigenvalue weighted by atomic mass is 10.1. The second-order valence-corrected chi connectivity index (χ2v) is 3.53. The van der Waals surface area contributed by atoms with Gasteiger partial charge in [0.2, 0.25) is 5.91 Å². The first kappa shape index (κ1) is 12.7. The Hall–Kier alpha value is -1.39. The summed E-state index contributed by atoms with van der Waals surface area (Å²) in [5.41, 5.74) is 4.51. The summed E-state index contributed by atoms with van der Waals surface area (Å²) >= 11 is 0. The Morgan fingerprint density at radius 2 is 1.94 bits per heavy atom. The minimum Gasteiger partial charge on any atom is -0.382 e. The van der Waals surface area contributed by atoms with E-state index in [9.17, 15) is 4.79 Å². The summed E-state index contributed by atoms with van der Waals surface area (Å²) in [6.45, 7) is 2.83. The number of ether oxygens (including phenoxy) is 1. The molecule has 0 atom stereocenters. The Morgan fingerprint density at radius 3 is 2.56 bits per heavy atom. The molecule has 0 aliphatic rings. The van der Waals surface area contributed by atoms with Crippen LogP contribution in [0, 0.1) is 6.92 Å². The van der Waals surface area contributed by atoms with E-state index in [2.05, 4.69) is 5.48 Å². The van der Waals surface area contributed by atoms with Gasteiger partial charge < -0.3 is 4.74 Å². The van der Waals surface area contributed by atoms with Crippen molar-refractivity contribution in [3.05, 3.63) is 35.4 Å². The average molecular weight is 223 g/mol. The van der Waals surface area contributed by atoms with Gasteiger partial charge in [0.25, 0.3) is 0 Å². The average Bonchev–Trinajstić information content (AvgIpc) is 2.28. The Bertz CT molecular complexity index is 322. The third kappa shape index (κ3) is 4.91. The Labute approximate surface area is 95.5 Å². The number of hydroxylamine groups is 1. The topological polar surface area (TPSA) is 47.6 Å². The molecule has 16 heavy (non-hydrogen) atoms. The summed E-state index contributed by atoms with van der Waals surface area (Å²) < 4.78 is 4.78. The maximum atomic E-state index is 11.4. The van der Waals surface area contributed by atoms with Crippen LogP contribution in [0.2, 0.25) is 0 Å². The molecule has 0 saturated heterocycles. The van der Waals surface area contributed by atoms with Gasteiger partial charge in [-0.1, -0.05) is 29.8 Å². The zero-order chi connectivity index (χ0) is 11.8. The fourth-order valence-corrected chi connectivity index (χ4v) is 1.18. The molecule has 0 bridgehead atoms. The van der Waals surface area contributed by atoms with Crippen molar-refractivity contribution in [1.82, 2.24) is 5.48 Å². The van der Waals surface area contributed by atoms with Crippen LogP contribution in [0.1, 0.15) is 11.1 Å². The molecule has 0 radical (unpaired) electrons. The molecule has 1 aromatic rings. The van der Waals surface area contributed by atoms with E-state index in [1.54, 1.807) is 7.11 Å². The van der Waals surface area contributed by atoms with Gasteiger partial charge in [-0.25, -0.2) is 5.48 Å². The molecule has 0 heterocycles. The summed E-state index contributed by atoms with van der Waals surface area (Å²) in [5, 5.41) is 0. The van der Waals surface area contributed by atoms with Crippen LogP contribution in [0.3, 0.4) is 0 Å². The van der Waals surface area contributed by atoms with E-state index in [1.807, 2.05) is 31.2 Å². The van der Waals surface area contributed by atoms with Crippen molar-refractivity contribution in [3.8, 4) is 0 Å². The van der Waals surface area contributed by atoms with E-state index in [-0.39, 0.29) is 5.91 Å². The van der Waals surface area contributed by atoms with Crippen molar-refractivity contribution in [3.63, 3.8) is 0 Å². The van der Waals surface area contributed by atoms with Gasteiger partial charge in [-0.15, -0.1) is 0 Å². The van der Waals surface area contributed by atoms with Gasteiger partial charge in [-0.3, -0.25) is 9.63 Å². The molecule has 0 unspecified atom stereocenters. The van der Waals surface area contributed by atoms with Crippen LogP contribution in [0.15, 0.2) is 24.3 Å². The van der Waals surface area contributed by atoms with Gasteiger partial charge in [0.05, 0.1) is 19.6 Å². The van der Waals surface area contributed by atoms with E-state index in [0.717, 1.165) is 5.56 Å². The molecule has 0 aliphatic carbocycles. The number of nitrogens with one attached hydrogen (secondary N) is 1. The molecule has 1 N–H and O–H groups in total. The number of hydrogen-bond acceptors (Lipinski definition) is 3. The molecular formula is C12H17NO3. The van der Waals surface area contributed by atoms with Gasteiger partial charge >= 0.3 is 0 Å². The number of carbonyl (C=O) groups excluding carboxylic acids is 1. The highest BCUT2D eigenvalue weighted by atomic mass is 16.7. The molecule has 1 amide bonds. The zero-order valence-electron chi connectivity index (χ0n) is 9.66. The van der Waals surface area contributed by atoms with Crippen LogP contribution in [-0.2, 0) is 20.8 Å². The van der Waals surface area contributed by atoms with E-state index >= 15 is 0 Å². The van der Waals surface area contributed by atoms with Crippen molar-refractivity contribution >= 4 is 5.91 Å². The highest BCUT2D eigenvalue weighted by Crippen LogP contribution is 2.03. The molecule has 1 aromatic carbocycles. The molecule has 0 aromatic heterocycles. The maximum absolute atomic E-state index is 11.4. The molecule has 88 valence electrons. The van der Waals surface area contributed by atoms with Crippen LogP contribution < -0.4 is 5.48 Å². The van der Waals surface area contributed by atoms with E-state index in [1.165, 1.54) is 5.56 Å². The number of rotatable bonds is 6. The van der Waals surface area contributed by atoms with Crippen LogP contribution >= 0.6 is 0 Å². The van der Waals surface area contributed by atoms with Crippen molar-refractivity contribution in [1.29, 1.82) is 0 Å². The van der Waals surface area contributed by atoms with Crippen LogP contribution in [-0.4, -0.2) is 26.2 Å². The largest absolute Gasteiger partial charge is 0.382 e. The predicted octanol–water partition coefficient (Wildman–Crippen LogP) is 1.23. The Balaban J connectivity index is 2.26. The molecule has 1 rings (SSSR count). The van der Waals surface area contributed by atoms with Crippen LogP contribution in [0.5, 0.6) is 0 Å². The van der Waals surface area contributed by atoms with Crippen molar-refractivity contribution in [2.75, 3.05) is 20.3 Å². The van der Waals surface area contributed by atoms with Crippen molar-refractivity contribution in [2.45, 2.75) is 13.3 Å². The number of benzene rings is 1. The Kier molecular flexibility index (Phi) is 5.53. The lowest BCUT2D eigenvalue weighted by Crippen LogP contribution is -2.26. The predicted molar refractivity (Wildman–Crippen MR) is 60.9 cm³/mol. The number of hydrogen-bond donors (Lipinski definition) is 1. The fourth-order valence-electron chi connectivity index (χ4n) is 1.18.